The number of benzene rings is 1. The topological polar surface area (TPSA) is 88.3 Å². The molecule has 0 radical (unpaired) electrons. The van der Waals surface area contributed by atoms with Crippen LogP contribution in [0.15, 0.2) is 42.0 Å². The van der Waals surface area contributed by atoms with Gasteiger partial charge in [-0.05, 0) is 52.7 Å². The number of para-hydroxylation sites is 1. The first-order chi connectivity index (χ1) is 14.5. The van der Waals surface area contributed by atoms with Gasteiger partial charge in [-0.25, -0.2) is 0 Å². The Bertz CT molecular complexity index is 1070. The molecule has 1 fully saturated rings. The van der Waals surface area contributed by atoms with Crippen LogP contribution in [-0.4, -0.2) is 45.9 Å². The number of hydrogen-bond donors (Lipinski definition) is 2. The zero-order valence-electron chi connectivity index (χ0n) is 18.9. The summed E-state index contributed by atoms with van der Waals surface area (Å²) in [5.41, 5.74) is 8.78. The van der Waals surface area contributed by atoms with Crippen molar-refractivity contribution >= 4 is 22.7 Å². The standard InChI is InChI=1S/C25H32N4O2/c1-24(2)13-16(14-25(3,4)28-24)11-22(30)29-10-9-17(15-29)21-12-19(23(26)31)18-7-5-6-8-20(18)27-21/h5-8,12-13,17,28H,9-11,14-15H2,1-4H3,(H2,26,31)/t17-/m1/s1. The largest absolute Gasteiger partial charge is 0.366 e. The number of likely N-dealkylation sites (tertiary alicyclic amines) is 1. The maximum absolute atomic E-state index is 13.1. The van der Waals surface area contributed by atoms with Crippen LogP contribution in [0.25, 0.3) is 10.9 Å². The monoisotopic (exact) mass is 420 g/mol. The normalized spacial score (nSPS) is 22.4. The fourth-order valence-corrected chi connectivity index (χ4v) is 5.34. The molecule has 2 amide bonds. The van der Waals surface area contributed by atoms with Crippen LogP contribution < -0.4 is 11.1 Å². The predicted molar refractivity (Wildman–Crippen MR) is 123 cm³/mol. The lowest BCUT2D eigenvalue weighted by Gasteiger charge is -2.41. The van der Waals surface area contributed by atoms with Gasteiger partial charge in [0.2, 0.25) is 11.8 Å². The number of pyridine rings is 1. The predicted octanol–water partition coefficient (Wildman–Crippen LogP) is 3.52. The lowest BCUT2D eigenvalue weighted by Crippen LogP contribution is -2.54. The zero-order valence-corrected chi connectivity index (χ0v) is 18.9. The Morgan fingerprint density at radius 1 is 1.23 bits per heavy atom. The van der Waals surface area contributed by atoms with Crippen LogP contribution in [0.3, 0.4) is 0 Å². The van der Waals surface area contributed by atoms with E-state index < -0.39 is 5.91 Å². The van der Waals surface area contributed by atoms with Crippen molar-refractivity contribution in [2.24, 2.45) is 5.73 Å². The SMILES string of the molecule is CC1(C)C=C(CC(=O)N2CC[C@@H](c3cc(C(N)=O)c4ccccc4n3)C2)CC(C)(C)N1. The number of carbonyl (C=O) groups is 2. The number of primary amides is 1. The second-order valence-corrected chi connectivity index (χ2v) is 10.2. The smallest absolute Gasteiger partial charge is 0.249 e. The van der Waals surface area contributed by atoms with Gasteiger partial charge in [-0.1, -0.05) is 29.8 Å². The van der Waals surface area contributed by atoms with Crippen molar-refractivity contribution in [3.63, 3.8) is 0 Å². The number of fused-ring (bicyclic) bond motifs is 1. The summed E-state index contributed by atoms with van der Waals surface area (Å²) in [6, 6.07) is 9.36. The third-order valence-corrected chi connectivity index (χ3v) is 6.23. The molecule has 164 valence electrons. The maximum Gasteiger partial charge on any atom is 0.249 e. The van der Waals surface area contributed by atoms with Crippen molar-refractivity contribution in [3.05, 3.63) is 53.2 Å². The Kier molecular flexibility index (Phi) is 5.38. The Hall–Kier alpha value is -2.73. The quantitative estimate of drug-likeness (QED) is 0.741. The average molecular weight is 421 g/mol. The van der Waals surface area contributed by atoms with E-state index in [0.29, 0.717) is 25.1 Å². The molecule has 0 bridgehead atoms. The minimum atomic E-state index is -0.450. The first-order valence-corrected chi connectivity index (χ1v) is 11.0. The van der Waals surface area contributed by atoms with Crippen molar-refractivity contribution in [2.45, 2.75) is 64.0 Å². The number of hydrogen-bond acceptors (Lipinski definition) is 4. The van der Waals surface area contributed by atoms with Crippen molar-refractivity contribution in [1.29, 1.82) is 0 Å². The molecule has 0 spiro atoms. The Balaban J connectivity index is 1.50. The summed E-state index contributed by atoms with van der Waals surface area (Å²) in [5.74, 6) is -0.173. The van der Waals surface area contributed by atoms with Gasteiger partial charge in [-0.3, -0.25) is 14.6 Å². The first kappa shape index (κ1) is 21.5. The van der Waals surface area contributed by atoms with Gasteiger partial charge in [0.25, 0.3) is 0 Å². The molecule has 6 heteroatoms. The van der Waals surface area contributed by atoms with Gasteiger partial charge in [0, 0.05) is 47.6 Å². The molecule has 31 heavy (non-hydrogen) atoms. The zero-order chi connectivity index (χ0) is 22.4. The molecular formula is C25H32N4O2. The molecule has 3 N–H and O–H groups in total. The molecule has 2 aliphatic heterocycles. The molecule has 0 saturated carbocycles. The highest BCUT2D eigenvalue weighted by atomic mass is 16.2. The van der Waals surface area contributed by atoms with Crippen LogP contribution in [0.1, 0.15) is 68.9 Å². The van der Waals surface area contributed by atoms with Crippen LogP contribution in [0.4, 0.5) is 0 Å². The highest BCUT2D eigenvalue weighted by Crippen LogP contribution is 2.32. The molecule has 0 aliphatic carbocycles. The van der Waals surface area contributed by atoms with Gasteiger partial charge in [0.05, 0.1) is 11.1 Å². The maximum atomic E-state index is 13.1. The number of aromatic nitrogens is 1. The second-order valence-electron chi connectivity index (χ2n) is 10.2. The van der Waals surface area contributed by atoms with E-state index in [4.69, 9.17) is 10.7 Å². The molecule has 4 rings (SSSR count). The first-order valence-electron chi connectivity index (χ1n) is 11.0. The third kappa shape index (κ3) is 4.64. The summed E-state index contributed by atoms with van der Waals surface area (Å²) in [4.78, 5) is 31.8. The third-order valence-electron chi connectivity index (χ3n) is 6.23. The van der Waals surface area contributed by atoms with Crippen LogP contribution in [0, 0.1) is 0 Å². The molecule has 1 aromatic heterocycles. The lowest BCUT2D eigenvalue weighted by atomic mass is 9.82. The number of nitrogens with two attached hydrogens (primary N) is 1. The van der Waals surface area contributed by atoms with E-state index in [1.54, 1.807) is 0 Å². The number of rotatable bonds is 4. The summed E-state index contributed by atoms with van der Waals surface area (Å²) in [6.45, 7) is 9.99. The van der Waals surface area contributed by atoms with Crippen molar-refractivity contribution in [2.75, 3.05) is 13.1 Å². The van der Waals surface area contributed by atoms with Crippen molar-refractivity contribution < 1.29 is 9.59 Å². The molecular weight excluding hydrogens is 388 g/mol. The summed E-state index contributed by atoms with van der Waals surface area (Å²) in [5, 5.41) is 4.39. The summed E-state index contributed by atoms with van der Waals surface area (Å²) >= 11 is 0. The molecule has 1 atom stereocenters. The van der Waals surface area contributed by atoms with Crippen LogP contribution in [-0.2, 0) is 4.79 Å². The van der Waals surface area contributed by atoms with Crippen LogP contribution >= 0.6 is 0 Å². The van der Waals surface area contributed by atoms with Crippen molar-refractivity contribution in [1.82, 2.24) is 15.2 Å². The molecule has 1 aromatic carbocycles. The lowest BCUT2D eigenvalue weighted by molar-refractivity contribution is -0.129. The van der Waals surface area contributed by atoms with Gasteiger partial charge in [-0.15, -0.1) is 0 Å². The van der Waals surface area contributed by atoms with Gasteiger partial charge in [0.15, 0.2) is 0 Å². The minimum Gasteiger partial charge on any atom is -0.366 e. The summed E-state index contributed by atoms with van der Waals surface area (Å²) in [6.07, 6.45) is 4.37. The van der Waals surface area contributed by atoms with Gasteiger partial charge in [-0.2, -0.15) is 0 Å². The number of nitrogens with zero attached hydrogens (tertiary/aromatic N) is 2. The Morgan fingerprint density at radius 3 is 2.68 bits per heavy atom. The fourth-order valence-electron chi connectivity index (χ4n) is 5.34. The molecule has 3 heterocycles. The number of carbonyl (C=O) groups excluding carboxylic acids is 2. The number of amides is 2. The summed E-state index contributed by atoms with van der Waals surface area (Å²) < 4.78 is 0. The van der Waals surface area contributed by atoms with E-state index in [9.17, 15) is 9.59 Å². The molecule has 1 saturated heterocycles. The van der Waals surface area contributed by atoms with E-state index in [2.05, 4.69) is 39.1 Å². The molecule has 6 nitrogen and oxygen atoms in total. The van der Waals surface area contributed by atoms with E-state index in [1.165, 1.54) is 5.57 Å². The van der Waals surface area contributed by atoms with Gasteiger partial charge in [0.1, 0.15) is 0 Å². The Labute approximate surface area is 183 Å². The molecule has 2 aliphatic rings. The highest BCUT2D eigenvalue weighted by Gasteiger charge is 2.34. The van der Waals surface area contributed by atoms with E-state index in [1.807, 2.05) is 35.2 Å². The van der Waals surface area contributed by atoms with Crippen LogP contribution in [0.2, 0.25) is 0 Å². The number of nitrogens with one attached hydrogen (secondary N) is 1. The van der Waals surface area contributed by atoms with Gasteiger partial charge >= 0.3 is 0 Å². The van der Waals surface area contributed by atoms with E-state index in [0.717, 1.165) is 29.4 Å². The molecule has 0 unspecified atom stereocenters. The minimum absolute atomic E-state index is 0.0262. The Morgan fingerprint density at radius 2 is 1.97 bits per heavy atom. The van der Waals surface area contributed by atoms with Gasteiger partial charge < -0.3 is 16.0 Å². The van der Waals surface area contributed by atoms with Crippen LogP contribution in [0.5, 0.6) is 0 Å². The average Bonchev–Trinajstić information content (AvgIpc) is 3.14. The van der Waals surface area contributed by atoms with E-state index in [-0.39, 0.29) is 22.9 Å². The highest BCUT2D eigenvalue weighted by molar-refractivity contribution is 6.05. The molecule has 2 aromatic rings. The second kappa shape index (κ2) is 7.75. The van der Waals surface area contributed by atoms with Crippen molar-refractivity contribution in [3.8, 4) is 0 Å². The summed E-state index contributed by atoms with van der Waals surface area (Å²) in [7, 11) is 0. The van der Waals surface area contributed by atoms with E-state index >= 15 is 0 Å². The fraction of sp³-hybridized carbons (Fsp3) is 0.480.